The molecule has 1 saturated carbocycles. The second kappa shape index (κ2) is 7.86. The van der Waals surface area contributed by atoms with Gasteiger partial charge >= 0.3 is 17.8 Å². The lowest BCUT2D eigenvalue weighted by atomic mass is 10.1. The number of rotatable bonds is 6. The molecule has 0 atom stereocenters. The van der Waals surface area contributed by atoms with Gasteiger partial charge in [0.25, 0.3) is 0 Å². The van der Waals surface area contributed by atoms with Gasteiger partial charge in [0, 0.05) is 17.6 Å². The van der Waals surface area contributed by atoms with E-state index in [1.165, 1.54) is 0 Å². The van der Waals surface area contributed by atoms with E-state index in [0.29, 0.717) is 30.8 Å². The van der Waals surface area contributed by atoms with Gasteiger partial charge in [0.1, 0.15) is 6.54 Å². The third kappa shape index (κ3) is 3.88. The van der Waals surface area contributed by atoms with Gasteiger partial charge in [0.2, 0.25) is 5.91 Å². The maximum absolute atomic E-state index is 12.4. The van der Waals surface area contributed by atoms with Crippen LogP contribution in [0.1, 0.15) is 31.2 Å². The van der Waals surface area contributed by atoms with E-state index in [1.807, 2.05) is 12.1 Å². The first-order valence-electron chi connectivity index (χ1n) is 8.67. The molecule has 0 aromatic heterocycles. The largest absolute Gasteiger partial charge is 0.354 e. The minimum Gasteiger partial charge on any atom is -0.354 e. The summed E-state index contributed by atoms with van der Waals surface area (Å²) in [4.78, 5) is 50.4. The predicted molar refractivity (Wildman–Crippen MR) is 94.4 cm³/mol. The zero-order valence-corrected chi connectivity index (χ0v) is 15.0. The second-order valence-electron chi connectivity index (χ2n) is 6.51. The van der Waals surface area contributed by atoms with Gasteiger partial charge in [0.15, 0.2) is 0 Å². The lowest BCUT2D eigenvalue weighted by Gasteiger charge is -2.20. The Balaban J connectivity index is 1.51. The van der Waals surface area contributed by atoms with E-state index in [9.17, 15) is 19.2 Å². The van der Waals surface area contributed by atoms with Gasteiger partial charge in [-0.1, -0.05) is 36.6 Å². The van der Waals surface area contributed by atoms with Gasteiger partial charge in [-0.05, 0) is 37.0 Å². The van der Waals surface area contributed by atoms with E-state index in [2.05, 4.69) is 5.32 Å². The van der Waals surface area contributed by atoms with E-state index in [1.54, 1.807) is 12.1 Å². The maximum Gasteiger partial charge on any atom is 0.334 e. The summed E-state index contributed by atoms with van der Waals surface area (Å²) in [5.41, 5.74) is 1.01. The molecule has 1 aromatic rings. The Bertz CT molecular complexity index is 728. The Morgan fingerprint density at radius 1 is 1.08 bits per heavy atom. The van der Waals surface area contributed by atoms with E-state index in [0.717, 1.165) is 28.2 Å². The van der Waals surface area contributed by atoms with Crippen LogP contribution in [0.5, 0.6) is 0 Å². The molecule has 5 amide bonds. The molecule has 0 bridgehead atoms. The molecule has 1 heterocycles. The topological polar surface area (TPSA) is 86.8 Å². The molecule has 2 aliphatic rings. The number of nitrogens with one attached hydrogen (secondary N) is 1. The van der Waals surface area contributed by atoms with Gasteiger partial charge in [-0.25, -0.2) is 9.69 Å². The molecule has 1 saturated heterocycles. The molecule has 1 aliphatic heterocycles. The number of nitrogens with zero attached hydrogens (tertiary/aromatic N) is 2. The molecule has 3 rings (SSSR count). The molecule has 0 radical (unpaired) electrons. The van der Waals surface area contributed by atoms with Crippen molar-refractivity contribution in [3.63, 3.8) is 0 Å². The molecule has 1 N–H and O–H groups in total. The smallest absolute Gasteiger partial charge is 0.334 e. The Labute approximate surface area is 156 Å². The standard InChI is InChI=1S/C18H20ClN3O4/c19-13-7-5-12(6-8-13)9-10-20-15(23)11-21-16(24)17(25)22(18(21)26)14-3-1-2-4-14/h5-8,14H,1-4,9-11H2,(H,20,23). The van der Waals surface area contributed by atoms with Crippen LogP contribution in [0.25, 0.3) is 0 Å². The number of amides is 5. The summed E-state index contributed by atoms with van der Waals surface area (Å²) in [6, 6.07) is 6.35. The van der Waals surface area contributed by atoms with Crippen molar-refractivity contribution in [2.24, 2.45) is 0 Å². The highest BCUT2D eigenvalue weighted by Crippen LogP contribution is 2.27. The van der Waals surface area contributed by atoms with E-state index >= 15 is 0 Å². The van der Waals surface area contributed by atoms with Crippen molar-refractivity contribution in [3.05, 3.63) is 34.9 Å². The van der Waals surface area contributed by atoms with Crippen molar-refractivity contribution < 1.29 is 19.2 Å². The fourth-order valence-electron chi connectivity index (χ4n) is 3.34. The number of carbonyl (C=O) groups is 4. The normalized spacial score (nSPS) is 18.1. The molecule has 2 fully saturated rings. The average Bonchev–Trinajstić information content (AvgIpc) is 3.20. The second-order valence-corrected chi connectivity index (χ2v) is 6.95. The van der Waals surface area contributed by atoms with Crippen molar-refractivity contribution in [1.82, 2.24) is 15.1 Å². The first-order chi connectivity index (χ1) is 12.5. The Morgan fingerprint density at radius 3 is 2.38 bits per heavy atom. The van der Waals surface area contributed by atoms with E-state index in [4.69, 9.17) is 11.6 Å². The fraction of sp³-hybridized carbons (Fsp3) is 0.444. The quantitative estimate of drug-likeness (QED) is 0.604. The lowest BCUT2D eigenvalue weighted by molar-refractivity contribution is -0.144. The Hall–Kier alpha value is -2.41. The maximum atomic E-state index is 12.4. The molecule has 1 aromatic carbocycles. The van der Waals surface area contributed by atoms with Crippen LogP contribution in [0.15, 0.2) is 24.3 Å². The van der Waals surface area contributed by atoms with Gasteiger partial charge in [0.05, 0.1) is 0 Å². The fourth-order valence-corrected chi connectivity index (χ4v) is 3.47. The van der Waals surface area contributed by atoms with Crippen molar-refractivity contribution in [2.45, 2.75) is 38.1 Å². The number of carbonyl (C=O) groups excluding carboxylic acids is 4. The van der Waals surface area contributed by atoms with Gasteiger partial charge in [-0.2, -0.15) is 0 Å². The van der Waals surface area contributed by atoms with Crippen LogP contribution in [0.2, 0.25) is 5.02 Å². The third-order valence-electron chi connectivity index (χ3n) is 4.72. The van der Waals surface area contributed by atoms with Crippen molar-refractivity contribution >= 4 is 35.4 Å². The molecule has 0 spiro atoms. The molecular formula is C18H20ClN3O4. The van der Waals surface area contributed by atoms with Gasteiger partial charge in [-0.3, -0.25) is 19.3 Å². The summed E-state index contributed by atoms with van der Waals surface area (Å²) in [7, 11) is 0. The molecule has 0 unspecified atom stereocenters. The number of urea groups is 1. The lowest BCUT2D eigenvalue weighted by Crippen LogP contribution is -2.43. The highest BCUT2D eigenvalue weighted by molar-refractivity contribution is 6.45. The summed E-state index contributed by atoms with van der Waals surface area (Å²) >= 11 is 5.82. The van der Waals surface area contributed by atoms with E-state index in [-0.39, 0.29) is 6.04 Å². The highest BCUT2D eigenvalue weighted by atomic mass is 35.5. The minimum absolute atomic E-state index is 0.225. The Kier molecular flexibility index (Phi) is 5.56. The van der Waals surface area contributed by atoms with Crippen LogP contribution in [-0.2, 0) is 20.8 Å². The SMILES string of the molecule is O=C(CN1C(=O)C(=O)N(C2CCCC2)C1=O)NCCc1ccc(Cl)cc1. The van der Waals surface area contributed by atoms with Crippen LogP contribution in [0.3, 0.4) is 0 Å². The predicted octanol–water partition coefficient (Wildman–Crippen LogP) is 1.73. The van der Waals surface area contributed by atoms with Crippen LogP contribution in [-0.4, -0.2) is 52.7 Å². The van der Waals surface area contributed by atoms with E-state index < -0.39 is 30.3 Å². The highest BCUT2D eigenvalue weighted by Gasteiger charge is 2.48. The molecule has 26 heavy (non-hydrogen) atoms. The summed E-state index contributed by atoms with van der Waals surface area (Å²) in [6.07, 6.45) is 3.89. The molecule has 1 aliphatic carbocycles. The van der Waals surface area contributed by atoms with Gasteiger partial charge < -0.3 is 5.32 Å². The molecular weight excluding hydrogens is 358 g/mol. The summed E-state index contributed by atoms with van der Waals surface area (Å²) < 4.78 is 0. The van der Waals surface area contributed by atoms with Gasteiger partial charge in [-0.15, -0.1) is 0 Å². The average molecular weight is 378 g/mol. The van der Waals surface area contributed by atoms with Crippen LogP contribution >= 0.6 is 11.6 Å². The summed E-state index contributed by atoms with van der Waals surface area (Å²) in [6.45, 7) is -0.0791. The number of benzene rings is 1. The van der Waals surface area contributed by atoms with Crippen molar-refractivity contribution in [3.8, 4) is 0 Å². The van der Waals surface area contributed by atoms with Crippen molar-refractivity contribution in [2.75, 3.05) is 13.1 Å². The zero-order valence-electron chi connectivity index (χ0n) is 14.2. The Morgan fingerprint density at radius 2 is 1.73 bits per heavy atom. The third-order valence-corrected chi connectivity index (χ3v) is 4.98. The number of halogens is 1. The minimum atomic E-state index is -0.922. The summed E-state index contributed by atoms with van der Waals surface area (Å²) in [5.74, 6) is -2.22. The first-order valence-corrected chi connectivity index (χ1v) is 9.05. The first kappa shape index (κ1) is 18.4. The number of hydrogen-bond acceptors (Lipinski definition) is 4. The molecule has 138 valence electrons. The molecule has 7 nitrogen and oxygen atoms in total. The van der Waals surface area contributed by atoms with Crippen LogP contribution in [0.4, 0.5) is 4.79 Å². The number of hydrogen-bond donors (Lipinski definition) is 1. The zero-order chi connectivity index (χ0) is 18.7. The van der Waals surface area contributed by atoms with Crippen molar-refractivity contribution in [1.29, 1.82) is 0 Å². The number of imide groups is 2. The monoisotopic (exact) mass is 377 g/mol. The van der Waals surface area contributed by atoms with Crippen LogP contribution < -0.4 is 5.32 Å². The summed E-state index contributed by atoms with van der Waals surface area (Å²) in [5, 5.41) is 3.30. The molecule has 8 heteroatoms. The van der Waals surface area contributed by atoms with Crippen LogP contribution in [0, 0.1) is 0 Å².